The van der Waals surface area contributed by atoms with E-state index in [2.05, 4.69) is 11.8 Å². The SMILES string of the molecule is CSc1ccc(C(O)C#CC(O)=C2CCCC2)cc1. The zero-order chi connectivity index (χ0) is 13.7. The van der Waals surface area contributed by atoms with Gasteiger partial charge in [-0.2, -0.15) is 0 Å². The van der Waals surface area contributed by atoms with Crippen molar-refractivity contribution < 1.29 is 10.2 Å². The maximum Gasteiger partial charge on any atom is 0.166 e. The van der Waals surface area contributed by atoms with E-state index in [0.717, 1.165) is 41.7 Å². The molecule has 1 aromatic carbocycles. The lowest BCUT2D eigenvalue weighted by Crippen LogP contribution is -1.94. The summed E-state index contributed by atoms with van der Waals surface area (Å²) in [6.45, 7) is 0. The van der Waals surface area contributed by atoms with E-state index >= 15 is 0 Å². The van der Waals surface area contributed by atoms with Crippen molar-refractivity contribution in [3.63, 3.8) is 0 Å². The quantitative estimate of drug-likeness (QED) is 0.489. The van der Waals surface area contributed by atoms with Gasteiger partial charge in [-0.15, -0.1) is 11.8 Å². The van der Waals surface area contributed by atoms with Crippen LogP contribution in [0.1, 0.15) is 37.4 Å². The van der Waals surface area contributed by atoms with Gasteiger partial charge in [-0.1, -0.05) is 18.1 Å². The predicted molar refractivity (Wildman–Crippen MR) is 79.1 cm³/mol. The molecule has 1 fully saturated rings. The third-order valence-corrected chi connectivity index (χ3v) is 4.04. The molecule has 0 radical (unpaired) electrons. The lowest BCUT2D eigenvalue weighted by molar-refractivity contribution is 0.238. The molecule has 0 saturated heterocycles. The smallest absolute Gasteiger partial charge is 0.166 e. The fourth-order valence-electron chi connectivity index (χ4n) is 2.13. The van der Waals surface area contributed by atoms with Gasteiger partial charge in [0.15, 0.2) is 5.76 Å². The Morgan fingerprint density at radius 2 is 1.84 bits per heavy atom. The second kappa shape index (κ2) is 6.70. The highest BCUT2D eigenvalue weighted by molar-refractivity contribution is 7.98. The van der Waals surface area contributed by atoms with Crippen LogP contribution >= 0.6 is 11.8 Å². The lowest BCUT2D eigenvalue weighted by atomic mass is 10.1. The van der Waals surface area contributed by atoms with Crippen LogP contribution in [0.5, 0.6) is 0 Å². The number of hydrogen-bond donors (Lipinski definition) is 2. The average molecular weight is 274 g/mol. The van der Waals surface area contributed by atoms with Crippen molar-refractivity contribution in [1.82, 2.24) is 0 Å². The molecule has 19 heavy (non-hydrogen) atoms. The summed E-state index contributed by atoms with van der Waals surface area (Å²) in [5.41, 5.74) is 1.78. The molecule has 2 N–H and O–H groups in total. The highest BCUT2D eigenvalue weighted by Gasteiger charge is 2.11. The van der Waals surface area contributed by atoms with E-state index in [-0.39, 0.29) is 5.76 Å². The van der Waals surface area contributed by atoms with Crippen molar-refractivity contribution >= 4 is 11.8 Å². The first-order chi connectivity index (χ1) is 9.20. The molecule has 0 aliphatic heterocycles. The van der Waals surface area contributed by atoms with E-state index in [0.29, 0.717) is 0 Å². The summed E-state index contributed by atoms with van der Waals surface area (Å²) in [5.74, 6) is 5.54. The van der Waals surface area contributed by atoms with E-state index in [9.17, 15) is 10.2 Å². The zero-order valence-corrected chi connectivity index (χ0v) is 11.8. The maximum absolute atomic E-state index is 9.96. The van der Waals surface area contributed by atoms with Crippen LogP contribution in [0.25, 0.3) is 0 Å². The molecule has 0 bridgehead atoms. The fraction of sp³-hybridized carbons (Fsp3) is 0.375. The maximum atomic E-state index is 9.96. The van der Waals surface area contributed by atoms with Crippen molar-refractivity contribution in [3.05, 3.63) is 41.2 Å². The fourth-order valence-corrected chi connectivity index (χ4v) is 2.54. The molecule has 1 aromatic rings. The zero-order valence-electron chi connectivity index (χ0n) is 11.0. The molecule has 0 spiro atoms. The minimum absolute atomic E-state index is 0.150. The molecule has 2 rings (SSSR count). The van der Waals surface area contributed by atoms with E-state index < -0.39 is 6.10 Å². The van der Waals surface area contributed by atoms with Crippen LogP contribution in [0.3, 0.4) is 0 Å². The summed E-state index contributed by atoms with van der Waals surface area (Å²) in [4.78, 5) is 1.15. The molecule has 1 unspecified atom stereocenters. The number of aliphatic hydroxyl groups excluding tert-OH is 2. The molecule has 100 valence electrons. The third-order valence-electron chi connectivity index (χ3n) is 3.30. The Morgan fingerprint density at radius 3 is 2.42 bits per heavy atom. The number of rotatable bonds is 2. The molecule has 0 heterocycles. The second-order valence-corrected chi connectivity index (χ2v) is 5.48. The Kier molecular flexibility index (Phi) is 4.95. The minimum Gasteiger partial charge on any atom is -0.501 e. The summed E-state index contributed by atoms with van der Waals surface area (Å²) in [5, 5.41) is 19.8. The second-order valence-electron chi connectivity index (χ2n) is 4.60. The summed E-state index contributed by atoms with van der Waals surface area (Å²) < 4.78 is 0. The van der Waals surface area contributed by atoms with Gasteiger partial charge in [0.05, 0.1) is 0 Å². The Hall–Kier alpha value is -1.37. The topological polar surface area (TPSA) is 40.5 Å². The summed E-state index contributed by atoms with van der Waals surface area (Å²) in [6.07, 6.45) is 5.27. The Labute approximate surface area is 118 Å². The first-order valence-electron chi connectivity index (χ1n) is 6.45. The van der Waals surface area contributed by atoms with E-state index in [4.69, 9.17) is 0 Å². The molecule has 1 atom stereocenters. The van der Waals surface area contributed by atoms with Crippen LogP contribution in [0.4, 0.5) is 0 Å². The Bertz CT molecular complexity index is 512. The van der Waals surface area contributed by atoms with Gasteiger partial charge in [-0.05, 0) is 61.1 Å². The molecular formula is C16H18O2S. The highest BCUT2D eigenvalue weighted by atomic mass is 32.2. The van der Waals surface area contributed by atoms with Crippen LogP contribution in [-0.2, 0) is 0 Å². The average Bonchev–Trinajstić information content (AvgIpc) is 2.98. The first-order valence-corrected chi connectivity index (χ1v) is 7.67. The molecular weight excluding hydrogens is 256 g/mol. The van der Waals surface area contributed by atoms with Crippen molar-refractivity contribution in [2.45, 2.75) is 36.7 Å². The predicted octanol–water partition coefficient (Wildman–Crippen LogP) is 3.83. The van der Waals surface area contributed by atoms with Gasteiger partial charge in [0.25, 0.3) is 0 Å². The number of allylic oxidation sites excluding steroid dienone is 2. The van der Waals surface area contributed by atoms with E-state index in [1.165, 1.54) is 0 Å². The van der Waals surface area contributed by atoms with Gasteiger partial charge in [-0.25, -0.2) is 0 Å². The van der Waals surface area contributed by atoms with Crippen molar-refractivity contribution in [1.29, 1.82) is 0 Å². The molecule has 0 amide bonds. The molecule has 1 saturated carbocycles. The highest BCUT2D eigenvalue weighted by Crippen LogP contribution is 2.26. The van der Waals surface area contributed by atoms with Crippen LogP contribution in [0.2, 0.25) is 0 Å². The van der Waals surface area contributed by atoms with Gasteiger partial charge in [0, 0.05) is 4.90 Å². The molecule has 3 heteroatoms. The van der Waals surface area contributed by atoms with Gasteiger partial charge in [0.1, 0.15) is 6.10 Å². The summed E-state index contributed by atoms with van der Waals surface area (Å²) >= 11 is 1.66. The van der Waals surface area contributed by atoms with Gasteiger partial charge < -0.3 is 10.2 Å². The molecule has 2 nitrogen and oxygen atoms in total. The summed E-state index contributed by atoms with van der Waals surface area (Å²) in [7, 11) is 0. The summed E-state index contributed by atoms with van der Waals surface area (Å²) in [6, 6.07) is 7.65. The Morgan fingerprint density at radius 1 is 1.21 bits per heavy atom. The minimum atomic E-state index is -0.847. The van der Waals surface area contributed by atoms with Gasteiger partial charge in [-0.3, -0.25) is 0 Å². The number of hydrogen-bond acceptors (Lipinski definition) is 3. The molecule has 1 aliphatic carbocycles. The largest absolute Gasteiger partial charge is 0.501 e. The number of benzene rings is 1. The number of thioether (sulfide) groups is 1. The Balaban J connectivity index is 2.08. The van der Waals surface area contributed by atoms with Gasteiger partial charge >= 0.3 is 0 Å². The van der Waals surface area contributed by atoms with Gasteiger partial charge in [0.2, 0.25) is 0 Å². The van der Waals surface area contributed by atoms with E-state index in [1.807, 2.05) is 30.5 Å². The number of aliphatic hydroxyl groups is 2. The lowest BCUT2D eigenvalue weighted by Gasteiger charge is -2.04. The molecule has 1 aliphatic rings. The molecule has 0 aromatic heterocycles. The van der Waals surface area contributed by atoms with E-state index in [1.54, 1.807) is 11.8 Å². The van der Waals surface area contributed by atoms with Crippen molar-refractivity contribution in [2.75, 3.05) is 6.26 Å². The third kappa shape index (κ3) is 3.79. The van der Waals surface area contributed by atoms with Crippen LogP contribution in [0, 0.1) is 11.8 Å². The normalized spacial score (nSPS) is 15.8. The monoisotopic (exact) mass is 274 g/mol. The first kappa shape index (κ1) is 14.0. The van der Waals surface area contributed by atoms with Crippen LogP contribution < -0.4 is 0 Å². The van der Waals surface area contributed by atoms with Crippen molar-refractivity contribution in [3.8, 4) is 11.8 Å². The van der Waals surface area contributed by atoms with Crippen LogP contribution in [-0.4, -0.2) is 16.5 Å². The van der Waals surface area contributed by atoms with Crippen molar-refractivity contribution in [2.24, 2.45) is 0 Å². The standard InChI is InChI=1S/C16H18O2S/c1-19-14-8-6-13(7-9-14)16(18)11-10-15(17)12-4-2-3-5-12/h6-9,16-18H,2-5H2,1H3. The van der Waals surface area contributed by atoms with Crippen LogP contribution in [0.15, 0.2) is 40.5 Å².